The first-order chi connectivity index (χ1) is 28.2. The summed E-state index contributed by atoms with van der Waals surface area (Å²) in [5, 5.41) is 5.31. The summed E-state index contributed by atoms with van der Waals surface area (Å²) in [5.74, 6) is 0. The summed E-state index contributed by atoms with van der Waals surface area (Å²) < 4.78 is 2.59. The topological polar surface area (TPSA) is 3.24 Å². The first-order valence-corrected chi connectivity index (χ1v) is 20.5. The molecule has 2 aliphatic carbocycles. The monoisotopic (exact) mass is 741 g/mol. The van der Waals surface area contributed by atoms with Gasteiger partial charge in [-0.3, -0.25) is 0 Å². The fourth-order valence-electron chi connectivity index (χ4n) is 9.35. The predicted octanol–water partition coefficient (Wildman–Crippen LogP) is 15.8. The van der Waals surface area contributed by atoms with E-state index in [1.165, 1.54) is 97.7 Å². The van der Waals surface area contributed by atoms with Crippen LogP contribution in [0.2, 0.25) is 0 Å². The van der Waals surface area contributed by atoms with Gasteiger partial charge in [0.2, 0.25) is 0 Å². The van der Waals surface area contributed by atoms with Crippen LogP contribution in [0.3, 0.4) is 0 Å². The van der Waals surface area contributed by atoms with Crippen molar-refractivity contribution in [3.63, 3.8) is 0 Å². The van der Waals surface area contributed by atoms with Gasteiger partial charge in [0, 0.05) is 37.2 Å². The Morgan fingerprint density at radius 1 is 0.386 bits per heavy atom. The van der Waals surface area contributed by atoms with Crippen LogP contribution in [-0.4, -0.2) is 0 Å². The van der Waals surface area contributed by atoms with Crippen molar-refractivity contribution >= 4 is 71.0 Å². The number of hydrogen-bond acceptors (Lipinski definition) is 2. The summed E-state index contributed by atoms with van der Waals surface area (Å²) in [7, 11) is 0. The summed E-state index contributed by atoms with van der Waals surface area (Å²) in [6.45, 7) is 0. The zero-order valence-corrected chi connectivity index (χ0v) is 31.9. The lowest BCUT2D eigenvalue weighted by Crippen LogP contribution is -2.09. The first-order valence-electron chi connectivity index (χ1n) is 19.7. The Balaban J connectivity index is 0.952. The predicted molar refractivity (Wildman–Crippen MR) is 245 cm³/mol. The van der Waals surface area contributed by atoms with Crippen molar-refractivity contribution in [2.24, 2.45) is 0 Å². The quantitative estimate of drug-likeness (QED) is 0.170. The van der Waals surface area contributed by atoms with Gasteiger partial charge in [-0.25, -0.2) is 0 Å². The van der Waals surface area contributed by atoms with E-state index in [0.29, 0.717) is 0 Å². The third kappa shape index (κ3) is 5.22. The lowest BCUT2D eigenvalue weighted by atomic mass is 9.75. The molecule has 9 aromatic carbocycles. The maximum Gasteiger partial charge on any atom is 0.0476 e. The zero-order chi connectivity index (χ0) is 37.5. The molecule has 0 radical (unpaired) electrons. The number of para-hydroxylation sites is 1. The van der Waals surface area contributed by atoms with Gasteiger partial charge >= 0.3 is 0 Å². The highest BCUT2D eigenvalue weighted by molar-refractivity contribution is 7.25. The van der Waals surface area contributed by atoms with Crippen LogP contribution in [0.1, 0.15) is 16.7 Å². The van der Waals surface area contributed by atoms with Gasteiger partial charge in [0.25, 0.3) is 0 Å². The maximum absolute atomic E-state index is 2.44. The van der Waals surface area contributed by atoms with Crippen molar-refractivity contribution in [1.29, 1.82) is 0 Å². The maximum atomic E-state index is 2.44. The van der Waals surface area contributed by atoms with Crippen LogP contribution in [0.5, 0.6) is 0 Å². The molecule has 0 saturated carbocycles. The number of fused-ring (bicyclic) bond motifs is 9. The highest BCUT2D eigenvalue weighted by atomic mass is 32.1. The molecule has 0 fully saturated rings. The minimum absolute atomic E-state index is 0.933. The van der Waals surface area contributed by atoms with E-state index in [4.69, 9.17) is 0 Å². The lowest BCUT2D eigenvalue weighted by molar-refractivity contribution is 1.28. The number of rotatable bonds is 5. The van der Waals surface area contributed by atoms with Crippen LogP contribution in [-0.2, 0) is 6.42 Å². The summed E-state index contributed by atoms with van der Waals surface area (Å²) in [5.41, 5.74) is 19.2. The largest absolute Gasteiger partial charge is 0.310 e. The van der Waals surface area contributed by atoms with E-state index in [1.54, 1.807) is 0 Å². The van der Waals surface area contributed by atoms with Gasteiger partial charge in [-0.05, 0) is 139 Å². The standard InChI is InChI=1S/C55H35NS/c1-3-10-35(11-4-1)36-18-23-43(24-19-36)56(42-14-5-2-6-15-42)44-25-28-48-51-32-39(22-29-53(51)57-54(48)34-44)38-21-27-46-47-26-20-37-13-9-17-49-45-16-8-7-12-40(45)30-41(50(46)31-38)33-52(47)55(37)49/h1-32,34H,33H2. The Bertz CT molecular complexity index is 3240. The van der Waals surface area contributed by atoms with Crippen molar-refractivity contribution in [2.45, 2.75) is 6.42 Å². The molecule has 0 N–H and O–H groups in total. The smallest absolute Gasteiger partial charge is 0.0476 e. The van der Waals surface area contributed by atoms with Crippen molar-refractivity contribution < 1.29 is 0 Å². The van der Waals surface area contributed by atoms with Gasteiger partial charge < -0.3 is 4.90 Å². The Labute approximate surface area is 336 Å². The molecule has 0 amide bonds. The molecule has 0 spiro atoms. The number of nitrogens with zero attached hydrogens (tertiary/aromatic N) is 1. The van der Waals surface area contributed by atoms with Crippen LogP contribution < -0.4 is 4.90 Å². The summed E-state index contributed by atoms with van der Waals surface area (Å²) in [6.07, 6.45) is 3.38. The third-order valence-electron chi connectivity index (χ3n) is 12.1. The van der Waals surface area contributed by atoms with E-state index in [2.05, 4.69) is 205 Å². The van der Waals surface area contributed by atoms with E-state index in [-0.39, 0.29) is 0 Å². The van der Waals surface area contributed by atoms with Crippen LogP contribution in [0.15, 0.2) is 194 Å². The Hall–Kier alpha value is -7.00. The zero-order valence-electron chi connectivity index (χ0n) is 31.1. The molecule has 2 heteroatoms. The molecule has 0 saturated heterocycles. The number of anilines is 3. The van der Waals surface area contributed by atoms with Crippen molar-refractivity contribution in [3.05, 3.63) is 211 Å². The van der Waals surface area contributed by atoms with E-state index in [1.807, 2.05) is 11.3 Å². The van der Waals surface area contributed by atoms with Gasteiger partial charge in [-0.15, -0.1) is 11.3 Å². The van der Waals surface area contributed by atoms with Crippen LogP contribution in [0, 0.1) is 0 Å². The Morgan fingerprint density at radius 2 is 1.07 bits per heavy atom. The third-order valence-corrected chi connectivity index (χ3v) is 13.2. The van der Waals surface area contributed by atoms with Crippen LogP contribution >= 0.6 is 11.3 Å². The van der Waals surface area contributed by atoms with E-state index in [9.17, 15) is 0 Å². The molecular formula is C55H35NS. The van der Waals surface area contributed by atoms with Gasteiger partial charge in [0.05, 0.1) is 0 Å². The molecule has 0 atom stereocenters. The number of benzene rings is 9. The first kappa shape index (κ1) is 32.3. The summed E-state index contributed by atoms with van der Waals surface area (Å²) >= 11 is 1.87. The number of allylic oxidation sites excluding steroid dienone is 1. The van der Waals surface area contributed by atoms with Crippen molar-refractivity contribution in [3.8, 4) is 44.5 Å². The SMILES string of the molecule is C1=C2Cc3c(ccc4cccc(c34)-c3ccccc31)-c1ccc(-c3ccc4sc5cc(N(c6ccccc6)c6ccc(-c7ccccc7)cc6)ccc5c4c3)cc12. The average molecular weight is 742 g/mol. The molecule has 1 nitrogen and oxygen atoms in total. The molecule has 266 valence electrons. The minimum atomic E-state index is 0.933. The van der Waals surface area contributed by atoms with Gasteiger partial charge in [-0.2, -0.15) is 0 Å². The van der Waals surface area contributed by atoms with E-state index >= 15 is 0 Å². The van der Waals surface area contributed by atoms with Gasteiger partial charge in [0.15, 0.2) is 0 Å². The molecule has 2 bridgehead atoms. The molecule has 57 heavy (non-hydrogen) atoms. The van der Waals surface area contributed by atoms with Crippen molar-refractivity contribution in [2.75, 3.05) is 4.90 Å². The van der Waals surface area contributed by atoms with E-state index in [0.717, 1.165) is 23.5 Å². The fraction of sp³-hybridized carbons (Fsp3) is 0.0182. The Kier molecular flexibility index (Phi) is 7.23. The molecule has 10 aromatic rings. The molecule has 1 heterocycles. The molecule has 2 aliphatic rings. The summed E-state index contributed by atoms with van der Waals surface area (Å²) in [4.78, 5) is 2.36. The van der Waals surface area contributed by atoms with Gasteiger partial charge in [-0.1, -0.05) is 146 Å². The summed E-state index contributed by atoms with van der Waals surface area (Å²) in [6, 6.07) is 71.7. The second-order valence-electron chi connectivity index (χ2n) is 15.3. The van der Waals surface area contributed by atoms with E-state index < -0.39 is 0 Å². The van der Waals surface area contributed by atoms with Crippen molar-refractivity contribution in [1.82, 2.24) is 0 Å². The molecule has 0 aliphatic heterocycles. The Morgan fingerprint density at radius 3 is 1.95 bits per heavy atom. The second kappa shape index (κ2) is 12.8. The second-order valence-corrected chi connectivity index (χ2v) is 16.4. The van der Waals surface area contributed by atoms with Crippen LogP contribution in [0.4, 0.5) is 17.1 Å². The number of hydrogen-bond donors (Lipinski definition) is 0. The molecule has 12 rings (SSSR count). The number of thiophene rings is 1. The normalized spacial score (nSPS) is 12.6. The van der Waals surface area contributed by atoms with Gasteiger partial charge in [0.1, 0.15) is 0 Å². The minimum Gasteiger partial charge on any atom is -0.310 e. The molecule has 0 unspecified atom stereocenters. The highest BCUT2D eigenvalue weighted by Crippen LogP contribution is 2.49. The fourth-order valence-corrected chi connectivity index (χ4v) is 10.5. The molecular weight excluding hydrogens is 707 g/mol. The highest BCUT2D eigenvalue weighted by Gasteiger charge is 2.26. The molecule has 1 aromatic heterocycles. The lowest BCUT2D eigenvalue weighted by Gasteiger charge is -2.28. The van der Waals surface area contributed by atoms with Crippen LogP contribution in [0.25, 0.3) is 87.1 Å². The average Bonchev–Trinajstić information content (AvgIpc) is 3.64.